The van der Waals surface area contributed by atoms with Gasteiger partial charge in [0.05, 0.1) is 0 Å². The van der Waals surface area contributed by atoms with Gasteiger partial charge >= 0.3 is 0 Å². The predicted molar refractivity (Wildman–Crippen MR) is 94.7 cm³/mol. The van der Waals surface area contributed by atoms with Crippen molar-refractivity contribution in [3.05, 3.63) is 29.6 Å². The zero-order valence-electron chi connectivity index (χ0n) is 14.4. The van der Waals surface area contributed by atoms with Gasteiger partial charge in [-0.1, -0.05) is 6.07 Å². The minimum atomic E-state index is -0.0218. The van der Waals surface area contributed by atoms with E-state index in [1.54, 1.807) is 6.07 Å². The maximum Gasteiger partial charge on any atom is 0.128 e. The number of piperazine rings is 1. The van der Waals surface area contributed by atoms with Crippen molar-refractivity contribution in [1.82, 2.24) is 9.80 Å². The van der Waals surface area contributed by atoms with Crippen molar-refractivity contribution in [2.24, 2.45) is 0 Å². The van der Waals surface area contributed by atoms with E-state index < -0.39 is 0 Å². The lowest BCUT2D eigenvalue weighted by atomic mass is 10.1. The Morgan fingerprint density at radius 2 is 1.70 bits per heavy atom. The molecule has 3 rings (SSSR count). The van der Waals surface area contributed by atoms with E-state index in [1.165, 1.54) is 19.3 Å². The zero-order valence-corrected chi connectivity index (χ0v) is 14.4. The van der Waals surface area contributed by atoms with E-state index in [1.807, 2.05) is 6.07 Å². The van der Waals surface area contributed by atoms with Gasteiger partial charge in [0, 0.05) is 45.0 Å². The second kappa shape index (κ2) is 8.11. The molecule has 2 heterocycles. The standard InChI is InChI=1S/C19H30FN3/c1-21-12-14-22(15-13-21)9-5-6-17-7-8-18(16-19(17)20)23-10-3-2-4-11-23/h7-8,16H,2-6,9-15H2,1H3. The molecule has 0 atom stereocenters. The quantitative estimate of drug-likeness (QED) is 0.826. The molecule has 3 nitrogen and oxygen atoms in total. The van der Waals surface area contributed by atoms with Crippen LogP contribution in [0.3, 0.4) is 0 Å². The summed E-state index contributed by atoms with van der Waals surface area (Å²) in [6.45, 7) is 7.82. The molecule has 0 spiro atoms. The molecular weight excluding hydrogens is 289 g/mol. The highest BCUT2D eigenvalue weighted by Gasteiger charge is 2.15. The predicted octanol–water partition coefficient (Wildman–Crippen LogP) is 3.00. The average molecular weight is 319 g/mol. The van der Waals surface area contributed by atoms with Crippen LogP contribution in [0.2, 0.25) is 0 Å². The highest BCUT2D eigenvalue weighted by Crippen LogP contribution is 2.23. The summed E-state index contributed by atoms with van der Waals surface area (Å²) < 4.78 is 14.4. The lowest BCUT2D eigenvalue weighted by Gasteiger charge is -2.32. The third kappa shape index (κ3) is 4.67. The van der Waals surface area contributed by atoms with E-state index in [9.17, 15) is 4.39 Å². The third-order valence-electron chi connectivity index (χ3n) is 5.27. The molecule has 4 heteroatoms. The van der Waals surface area contributed by atoms with Gasteiger partial charge < -0.3 is 14.7 Å². The van der Waals surface area contributed by atoms with Crippen LogP contribution in [0, 0.1) is 5.82 Å². The normalized spacial score (nSPS) is 20.9. The van der Waals surface area contributed by atoms with Gasteiger partial charge in [0.15, 0.2) is 0 Å². The van der Waals surface area contributed by atoms with Gasteiger partial charge in [-0.2, -0.15) is 0 Å². The summed E-state index contributed by atoms with van der Waals surface area (Å²) in [4.78, 5) is 7.19. The number of likely N-dealkylation sites (N-methyl/N-ethyl adjacent to an activating group) is 1. The number of halogens is 1. The first kappa shape index (κ1) is 16.7. The van der Waals surface area contributed by atoms with Crippen molar-refractivity contribution in [3.8, 4) is 0 Å². The van der Waals surface area contributed by atoms with Crippen molar-refractivity contribution < 1.29 is 4.39 Å². The SMILES string of the molecule is CN1CCN(CCCc2ccc(N3CCCCC3)cc2F)CC1. The molecule has 1 aromatic carbocycles. The molecule has 0 amide bonds. The number of piperidine rings is 1. The number of benzene rings is 1. The molecule has 128 valence electrons. The number of anilines is 1. The van der Waals surface area contributed by atoms with Crippen LogP contribution in [0.4, 0.5) is 10.1 Å². The lowest BCUT2D eigenvalue weighted by molar-refractivity contribution is 0.153. The minimum absolute atomic E-state index is 0.0218. The number of aryl methyl sites for hydroxylation is 1. The summed E-state index contributed by atoms with van der Waals surface area (Å²) in [6, 6.07) is 5.86. The van der Waals surface area contributed by atoms with Gasteiger partial charge in [-0.15, -0.1) is 0 Å². The second-order valence-corrected chi connectivity index (χ2v) is 7.07. The summed E-state index contributed by atoms with van der Waals surface area (Å²) in [5.74, 6) is -0.0218. The van der Waals surface area contributed by atoms with Crippen LogP contribution in [-0.4, -0.2) is 62.7 Å². The van der Waals surface area contributed by atoms with E-state index in [4.69, 9.17) is 0 Å². The molecular formula is C19H30FN3. The van der Waals surface area contributed by atoms with Gasteiger partial charge in [-0.25, -0.2) is 4.39 Å². The van der Waals surface area contributed by atoms with Crippen LogP contribution in [0.15, 0.2) is 18.2 Å². The highest BCUT2D eigenvalue weighted by molar-refractivity contribution is 5.48. The van der Waals surface area contributed by atoms with Gasteiger partial charge in [-0.05, 0) is 63.4 Å². The topological polar surface area (TPSA) is 9.72 Å². The molecule has 0 aliphatic carbocycles. The van der Waals surface area contributed by atoms with Crippen LogP contribution < -0.4 is 4.90 Å². The van der Waals surface area contributed by atoms with Crippen molar-refractivity contribution >= 4 is 5.69 Å². The monoisotopic (exact) mass is 319 g/mol. The summed E-state index contributed by atoms with van der Waals surface area (Å²) in [5, 5.41) is 0. The Kier molecular flexibility index (Phi) is 5.90. The lowest BCUT2D eigenvalue weighted by Crippen LogP contribution is -2.44. The van der Waals surface area contributed by atoms with E-state index >= 15 is 0 Å². The fourth-order valence-corrected chi connectivity index (χ4v) is 3.65. The third-order valence-corrected chi connectivity index (χ3v) is 5.27. The van der Waals surface area contributed by atoms with E-state index in [0.29, 0.717) is 0 Å². The Balaban J connectivity index is 1.48. The summed E-state index contributed by atoms with van der Waals surface area (Å²) in [7, 11) is 2.18. The Morgan fingerprint density at radius 3 is 2.39 bits per heavy atom. The molecule has 2 fully saturated rings. The van der Waals surface area contributed by atoms with E-state index in [2.05, 4.69) is 27.8 Å². The molecule has 23 heavy (non-hydrogen) atoms. The number of rotatable bonds is 5. The molecule has 1 aromatic rings. The van der Waals surface area contributed by atoms with Crippen molar-refractivity contribution in [2.45, 2.75) is 32.1 Å². The Labute approximate surface area is 140 Å². The average Bonchev–Trinajstić information content (AvgIpc) is 2.59. The van der Waals surface area contributed by atoms with Crippen LogP contribution in [-0.2, 0) is 6.42 Å². The first-order chi connectivity index (χ1) is 11.2. The molecule has 0 aromatic heterocycles. The fourth-order valence-electron chi connectivity index (χ4n) is 3.65. The fraction of sp³-hybridized carbons (Fsp3) is 0.684. The van der Waals surface area contributed by atoms with Crippen LogP contribution in [0.25, 0.3) is 0 Å². The Hall–Kier alpha value is -1.13. The maximum atomic E-state index is 14.4. The number of hydrogen-bond acceptors (Lipinski definition) is 3. The van der Waals surface area contributed by atoms with Crippen LogP contribution in [0.5, 0.6) is 0 Å². The van der Waals surface area contributed by atoms with Gasteiger partial charge in [0.2, 0.25) is 0 Å². The van der Waals surface area contributed by atoms with Gasteiger partial charge in [0.25, 0.3) is 0 Å². The molecule has 2 saturated heterocycles. The maximum absolute atomic E-state index is 14.4. The molecule has 0 saturated carbocycles. The molecule has 2 aliphatic heterocycles. The van der Waals surface area contributed by atoms with E-state index in [-0.39, 0.29) is 5.82 Å². The molecule has 0 bridgehead atoms. The zero-order chi connectivity index (χ0) is 16.1. The van der Waals surface area contributed by atoms with Crippen molar-refractivity contribution in [3.63, 3.8) is 0 Å². The highest BCUT2D eigenvalue weighted by atomic mass is 19.1. The van der Waals surface area contributed by atoms with Crippen molar-refractivity contribution in [2.75, 3.05) is 57.8 Å². The van der Waals surface area contributed by atoms with Gasteiger partial charge in [-0.3, -0.25) is 0 Å². The smallest absolute Gasteiger partial charge is 0.128 e. The van der Waals surface area contributed by atoms with Crippen LogP contribution in [0.1, 0.15) is 31.2 Å². The Morgan fingerprint density at radius 1 is 0.957 bits per heavy atom. The van der Waals surface area contributed by atoms with Crippen molar-refractivity contribution in [1.29, 1.82) is 0 Å². The molecule has 2 aliphatic rings. The first-order valence-corrected chi connectivity index (χ1v) is 9.16. The minimum Gasteiger partial charge on any atom is -0.371 e. The summed E-state index contributed by atoms with van der Waals surface area (Å²) >= 11 is 0. The van der Waals surface area contributed by atoms with Crippen LogP contribution >= 0.6 is 0 Å². The summed E-state index contributed by atoms with van der Waals surface area (Å²) in [6.07, 6.45) is 5.66. The molecule has 0 unspecified atom stereocenters. The largest absolute Gasteiger partial charge is 0.371 e. The second-order valence-electron chi connectivity index (χ2n) is 7.07. The molecule has 0 N–H and O–H groups in total. The first-order valence-electron chi connectivity index (χ1n) is 9.16. The Bertz CT molecular complexity index is 491. The number of nitrogens with zero attached hydrogens (tertiary/aromatic N) is 3. The summed E-state index contributed by atoms with van der Waals surface area (Å²) in [5.41, 5.74) is 1.94. The van der Waals surface area contributed by atoms with Gasteiger partial charge in [0.1, 0.15) is 5.82 Å². The molecule has 0 radical (unpaired) electrons. The number of hydrogen-bond donors (Lipinski definition) is 0. The van der Waals surface area contributed by atoms with E-state index in [0.717, 1.165) is 69.9 Å².